The Kier molecular flexibility index (Phi) is 2.82. The third-order valence-corrected chi connectivity index (χ3v) is 2.60. The van der Waals surface area contributed by atoms with Crippen molar-refractivity contribution in [3.05, 3.63) is 68.5 Å². The molecule has 2 N–H and O–H groups in total. The van der Waals surface area contributed by atoms with Gasteiger partial charge in [0.25, 0.3) is 5.56 Å². The molecule has 17 heavy (non-hydrogen) atoms. The van der Waals surface area contributed by atoms with E-state index in [1.807, 2.05) is 30.3 Å². The van der Waals surface area contributed by atoms with Crippen molar-refractivity contribution in [3.63, 3.8) is 0 Å². The van der Waals surface area contributed by atoms with Crippen LogP contribution < -0.4 is 17.1 Å². The van der Waals surface area contributed by atoms with Gasteiger partial charge < -0.3 is 5.84 Å². The standard InChI is InChI=1S/C12H13N3O2/c1-9-7-11(16)14(12(17)15(9)13)8-10-5-3-2-4-6-10/h2-7H,8,13H2,1H3. The first kappa shape index (κ1) is 11.2. The van der Waals surface area contributed by atoms with Crippen molar-refractivity contribution < 1.29 is 0 Å². The van der Waals surface area contributed by atoms with Crippen LogP contribution in [-0.2, 0) is 6.54 Å². The summed E-state index contributed by atoms with van der Waals surface area (Å²) in [6.45, 7) is 1.85. The average molecular weight is 231 g/mol. The van der Waals surface area contributed by atoms with Crippen molar-refractivity contribution in [3.8, 4) is 0 Å². The molecule has 1 heterocycles. The molecule has 0 bridgehead atoms. The molecule has 0 fully saturated rings. The van der Waals surface area contributed by atoms with E-state index >= 15 is 0 Å². The Bertz CT molecular complexity index is 641. The zero-order valence-corrected chi connectivity index (χ0v) is 9.46. The average Bonchev–Trinajstić information content (AvgIpc) is 2.33. The lowest BCUT2D eigenvalue weighted by Gasteiger charge is -2.08. The van der Waals surface area contributed by atoms with Gasteiger partial charge in [0.15, 0.2) is 0 Å². The van der Waals surface area contributed by atoms with Gasteiger partial charge >= 0.3 is 5.69 Å². The van der Waals surface area contributed by atoms with Crippen LogP contribution in [0.4, 0.5) is 0 Å². The lowest BCUT2D eigenvalue weighted by atomic mass is 10.2. The Morgan fingerprint density at radius 2 is 1.82 bits per heavy atom. The molecule has 2 aromatic rings. The number of hydrogen-bond donors (Lipinski definition) is 1. The van der Waals surface area contributed by atoms with Gasteiger partial charge in [0, 0.05) is 11.8 Å². The van der Waals surface area contributed by atoms with E-state index in [0.29, 0.717) is 5.69 Å². The molecule has 0 amide bonds. The Balaban J connectivity index is 2.51. The van der Waals surface area contributed by atoms with E-state index in [0.717, 1.165) is 14.8 Å². The summed E-state index contributed by atoms with van der Waals surface area (Å²) in [6.07, 6.45) is 0. The lowest BCUT2D eigenvalue weighted by Crippen LogP contribution is -2.43. The van der Waals surface area contributed by atoms with E-state index in [9.17, 15) is 9.59 Å². The summed E-state index contributed by atoms with van der Waals surface area (Å²) in [5.74, 6) is 5.55. The number of nitrogens with zero attached hydrogens (tertiary/aromatic N) is 2. The minimum atomic E-state index is -0.501. The topological polar surface area (TPSA) is 70.0 Å². The predicted molar refractivity (Wildman–Crippen MR) is 65.4 cm³/mol. The third kappa shape index (κ3) is 2.13. The predicted octanol–water partition coefficient (Wildman–Crippen LogP) is 0.0805. The molecule has 1 aromatic heterocycles. The van der Waals surface area contributed by atoms with E-state index in [-0.39, 0.29) is 12.1 Å². The molecule has 5 heteroatoms. The molecular weight excluding hydrogens is 218 g/mol. The highest BCUT2D eigenvalue weighted by atomic mass is 16.2. The molecule has 0 spiro atoms. The molecule has 0 aliphatic carbocycles. The van der Waals surface area contributed by atoms with E-state index in [1.165, 1.54) is 6.07 Å². The summed E-state index contributed by atoms with van der Waals surface area (Å²) in [7, 11) is 0. The van der Waals surface area contributed by atoms with Crippen LogP contribution in [0.1, 0.15) is 11.3 Å². The SMILES string of the molecule is Cc1cc(=O)n(Cc2ccccc2)c(=O)n1N. The molecule has 88 valence electrons. The van der Waals surface area contributed by atoms with Crippen molar-refractivity contribution in [2.24, 2.45) is 0 Å². The summed E-state index contributed by atoms with van der Waals surface area (Å²) in [4.78, 5) is 23.5. The van der Waals surface area contributed by atoms with Crippen molar-refractivity contribution in [1.82, 2.24) is 9.24 Å². The zero-order chi connectivity index (χ0) is 12.4. The second-order valence-electron chi connectivity index (χ2n) is 3.85. The van der Waals surface area contributed by atoms with Crippen LogP contribution in [0, 0.1) is 6.92 Å². The monoisotopic (exact) mass is 231 g/mol. The second-order valence-corrected chi connectivity index (χ2v) is 3.85. The molecule has 0 saturated heterocycles. The molecule has 0 atom stereocenters. The first-order valence-corrected chi connectivity index (χ1v) is 5.22. The van der Waals surface area contributed by atoms with E-state index < -0.39 is 5.69 Å². The number of nitrogen functional groups attached to an aromatic ring is 1. The first-order chi connectivity index (χ1) is 8.09. The maximum atomic E-state index is 11.8. The second kappa shape index (κ2) is 4.29. The lowest BCUT2D eigenvalue weighted by molar-refractivity contribution is 0.645. The summed E-state index contributed by atoms with van der Waals surface area (Å²) in [5.41, 5.74) is 0.497. The number of benzene rings is 1. The highest BCUT2D eigenvalue weighted by Crippen LogP contribution is 1.98. The maximum Gasteiger partial charge on any atom is 0.349 e. The molecule has 1 aromatic carbocycles. The van der Waals surface area contributed by atoms with Gasteiger partial charge in [-0.25, -0.2) is 9.47 Å². The van der Waals surface area contributed by atoms with E-state index in [4.69, 9.17) is 5.84 Å². The zero-order valence-electron chi connectivity index (χ0n) is 9.46. The Hall–Kier alpha value is -2.30. The highest BCUT2D eigenvalue weighted by molar-refractivity contribution is 5.15. The van der Waals surface area contributed by atoms with Crippen LogP contribution in [0.2, 0.25) is 0 Å². The van der Waals surface area contributed by atoms with Gasteiger partial charge in [-0.1, -0.05) is 30.3 Å². The Morgan fingerprint density at radius 3 is 2.47 bits per heavy atom. The molecule has 5 nitrogen and oxygen atoms in total. The van der Waals surface area contributed by atoms with Crippen LogP contribution in [0.25, 0.3) is 0 Å². The van der Waals surface area contributed by atoms with Crippen LogP contribution in [0.3, 0.4) is 0 Å². The largest absolute Gasteiger partial charge is 0.349 e. The molecule has 0 radical (unpaired) electrons. The Morgan fingerprint density at radius 1 is 1.18 bits per heavy atom. The van der Waals surface area contributed by atoms with Crippen molar-refractivity contribution in [2.75, 3.05) is 5.84 Å². The van der Waals surface area contributed by atoms with Crippen molar-refractivity contribution in [2.45, 2.75) is 13.5 Å². The number of hydrogen-bond acceptors (Lipinski definition) is 3. The third-order valence-electron chi connectivity index (χ3n) is 2.60. The van der Waals surface area contributed by atoms with Gasteiger partial charge in [-0.2, -0.15) is 0 Å². The fourth-order valence-corrected chi connectivity index (χ4v) is 1.61. The van der Waals surface area contributed by atoms with Gasteiger partial charge in [0.1, 0.15) is 0 Å². The van der Waals surface area contributed by atoms with E-state index in [2.05, 4.69) is 0 Å². The van der Waals surface area contributed by atoms with Gasteiger partial charge in [0.05, 0.1) is 6.54 Å². The smallest absolute Gasteiger partial charge is 0.335 e. The molecule has 0 saturated carbocycles. The Labute approximate surface area is 97.7 Å². The minimum Gasteiger partial charge on any atom is -0.335 e. The fraction of sp³-hybridized carbons (Fsp3) is 0.167. The maximum absolute atomic E-state index is 11.8. The van der Waals surface area contributed by atoms with Crippen LogP contribution in [0.5, 0.6) is 0 Å². The van der Waals surface area contributed by atoms with Crippen molar-refractivity contribution >= 4 is 0 Å². The quantitative estimate of drug-likeness (QED) is 0.744. The summed E-state index contributed by atoms with van der Waals surface area (Å²) >= 11 is 0. The number of aromatic nitrogens is 2. The van der Waals surface area contributed by atoms with Crippen LogP contribution in [0.15, 0.2) is 46.0 Å². The van der Waals surface area contributed by atoms with Gasteiger partial charge in [-0.05, 0) is 12.5 Å². The summed E-state index contributed by atoms with van der Waals surface area (Å²) < 4.78 is 2.09. The number of aryl methyl sites for hydroxylation is 1. The summed E-state index contributed by atoms with van der Waals surface area (Å²) in [6, 6.07) is 10.7. The van der Waals surface area contributed by atoms with Crippen LogP contribution >= 0.6 is 0 Å². The molecule has 0 aliphatic rings. The van der Waals surface area contributed by atoms with Gasteiger partial charge in [-0.15, -0.1) is 0 Å². The minimum absolute atomic E-state index is 0.232. The van der Waals surface area contributed by atoms with Gasteiger partial charge in [0.2, 0.25) is 0 Å². The molecule has 0 aliphatic heterocycles. The van der Waals surface area contributed by atoms with E-state index in [1.54, 1.807) is 6.92 Å². The normalized spacial score (nSPS) is 10.4. The number of rotatable bonds is 2. The first-order valence-electron chi connectivity index (χ1n) is 5.22. The number of nitrogens with two attached hydrogens (primary N) is 1. The molecule has 2 rings (SSSR count). The van der Waals surface area contributed by atoms with Crippen molar-refractivity contribution in [1.29, 1.82) is 0 Å². The molecule has 0 unspecified atom stereocenters. The highest BCUT2D eigenvalue weighted by Gasteiger charge is 2.06. The van der Waals surface area contributed by atoms with Gasteiger partial charge in [-0.3, -0.25) is 9.36 Å². The van der Waals surface area contributed by atoms with Crippen LogP contribution in [-0.4, -0.2) is 9.24 Å². The fourth-order valence-electron chi connectivity index (χ4n) is 1.61. The summed E-state index contributed by atoms with van der Waals surface area (Å²) in [5, 5.41) is 0. The molecular formula is C12H13N3O2.